The Morgan fingerprint density at radius 3 is 2.30 bits per heavy atom. The van der Waals surface area contributed by atoms with Crippen molar-refractivity contribution in [2.45, 2.75) is 12.8 Å². The molecule has 1 atom stereocenters. The Labute approximate surface area is 127 Å². The van der Waals surface area contributed by atoms with E-state index in [9.17, 15) is 9.59 Å². The third-order valence-corrected chi connectivity index (χ3v) is 4.46. The summed E-state index contributed by atoms with van der Waals surface area (Å²) in [6.07, 6.45) is 0. The molecule has 0 spiro atoms. The summed E-state index contributed by atoms with van der Waals surface area (Å²) in [4.78, 5) is 27.3. The molecule has 5 heteroatoms. The minimum atomic E-state index is -0.375. The molecule has 4 nitrogen and oxygen atoms in total. The Kier molecular flexibility index (Phi) is 5.17. The highest BCUT2D eigenvalue weighted by Crippen LogP contribution is 2.20. The van der Waals surface area contributed by atoms with Gasteiger partial charge in [-0.05, 0) is 12.5 Å². The molecule has 0 aromatic heterocycles. The van der Waals surface area contributed by atoms with Crippen LogP contribution in [0.1, 0.15) is 18.4 Å². The van der Waals surface area contributed by atoms with Crippen LogP contribution in [0.2, 0.25) is 0 Å². The van der Waals surface area contributed by atoms with Crippen molar-refractivity contribution in [3.8, 4) is 0 Å². The van der Waals surface area contributed by atoms with Crippen LogP contribution in [0, 0.1) is 0 Å². The number of nitrogens with zero attached hydrogens (tertiary/aromatic N) is 2. The van der Waals surface area contributed by atoms with Crippen LogP contribution in [0.5, 0.6) is 0 Å². The van der Waals surface area contributed by atoms with Crippen molar-refractivity contribution in [2.24, 2.45) is 0 Å². The zero-order valence-electron chi connectivity index (χ0n) is 11.6. The Bertz CT molecular complexity index is 478. The van der Waals surface area contributed by atoms with Gasteiger partial charge in [0.05, 0.1) is 0 Å². The molecule has 1 heterocycles. The van der Waals surface area contributed by atoms with Gasteiger partial charge in [-0.1, -0.05) is 46.3 Å². The fourth-order valence-electron chi connectivity index (χ4n) is 2.43. The second-order valence-electron chi connectivity index (χ2n) is 4.90. The van der Waals surface area contributed by atoms with E-state index in [0.29, 0.717) is 26.2 Å². The topological polar surface area (TPSA) is 40.6 Å². The molecule has 2 amide bonds. The van der Waals surface area contributed by atoms with Crippen LogP contribution in [0.3, 0.4) is 0 Å². The maximum atomic E-state index is 12.1. The number of benzene rings is 1. The highest BCUT2D eigenvalue weighted by atomic mass is 79.9. The van der Waals surface area contributed by atoms with E-state index in [0.717, 1.165) is 5.33 Å². The van der Waals surface area contributed by atoms with Crippen molar-refractivity contribution in [1.29, 1.82) is 0 Å². The molecule has 1 fully saturated rings. The van der Waals surface area contributed by atoms with E-state index in [1.165, 1.54) is 5.56 Å². The van der Waals surface area contributed by atoms with Crippen LogP contribution in [-0.2, 0) is 9.59 Å². The minimum Gasteiger partial charge on any atom is -0.333 e. The number of alkyl halides is 1. The normalized spacial score (nSPS) is 17.5. The molecule has 1 saturated heterocycles. The van der Waals surface area contributed by atoms with Crippen LogP contribution in [0.4, 0.5) is 0 Å². The second kappa shape index (κ2) is 6.88. The molecule has 1 aliphatic heterocycles. The number of amides is 2. The van der Waals surface area contributed by atoms with Crippen molar-refractivity contribution < 1.29 is 9.59 Å². The predicted molar refractivity (Wildman–Crippen MR) is 81.8 cm³/mol. The summed E-state index contributed by atoms with van der Waals surface area (Å²) in [6, 6.07) is 10.1. The maximum Gasteiger partial charge on any atom is 0.312 e. The standard InChI is InChI=1S/C15H19BrN2O2/c1-2-17-8-9-18(15(20)14(17)19)11-13(10-16)12-6-4-3-5-7-12/h3-7,13H,2,8-11H2,1H3. The third kappa shape index (κ3) is 3.20. The Morgan fingerprint density at radius 1 is 1.10 bits per heavy atom. The molecule has 1 unspecified atom stereocenters. The van der Waals surface area contributed by atoms with Crippen molar-refractivity contribution >= 4 is 27.7 Å². The van der Waals surface area contributed by atoms with Gasteiger partial charge in [0.1, 0.15) is 0 Å². The zero-order valence-corrected chi connectivity index (χ0v) is 13.2. The summed E-state index contributed by atoms with van der Waals surface area (Å²) >= 11 is 3.51. The van der Waals surface area contributed by atoms with Crippen molar-refractivity contribution in [3.05, 3.63) is 35.9 Å². The van der Waals surface area contributed by atoms with E-state index >= 15 is 0 Å². The monoisotopic (exact) mass is 338 g/mol. The lowest BCUT2D eigenvalue weighted by atomic mass is 10.0. The average Bonchev–Trinajstić information content (AvgIpc) is 2.50. The second-order valence-corrected chi connectivity index (χ2v) is 5.55. The highest BCUT2D eigenvalue weighted by molar-refractivity contribution is 9.09. The summed E-state index contributed by atoms with van der Waals surface area (Å²) in [5.41, 5.74) is 1.18. The molecule has 1 aromatic carbocycles. The molecule has 0 aliphatic carbocycles. The molecule has 2 rings (SSSR count). The van der Waals surface area contributed by atoms with Gasteiger partial charge in [0.15, 0.2) is 0 Å². The summed E-state index contributed by atoms with van der Waals surface area (Å²) in [6.45, 7) is 4.32. The number of piperazine rings is 1. The number of halogens is 1. The van der Waals surface area contributed by atoms with Crippen molar-refractivity contribution in [1.82, 2.24) is 9.80 Å². The van der Waals surface area contributed by atoms with Crippen LogP contribution in [0.15, 0.2) is 30.3 Å². The predicted octanol–water partition coefficient (Wildman–Crippen LogP) is 1.86. The lowest BCUT2D eigenvalue weighted by Crippen LogP contribution is -2.55. The maximum absolute atomic E-state index is 12.1. The van der Waals surface area contributed by atoms with Crippen molar-refractivity contribution in [2.75, 3.05) is 31.5 Å². The molecule has 0 bridgehead atoms. The SMILES string of the molecule is CCN1CCN(CC(CBr)c2ccccc2)C(=O)C1=O. The summed E-state index contributed by atoms with van der Waals surface area (Å²) < 4.78 is 0. The van der Waals surface area contributed by atoms with E-state index < -0.39 is 0 Å². The summed E-state index contributed by atoms with van der Waals surface area (Å²) in [5, 5.41) is 0.770. The van der Waals surface area contributed by atoms with Gasteiger partial charge in [0.2, 0.25) is 0 Å². The third-order valence-electron chi connectivity index (χ3n) is 3.68. The number of likely N-dealkylation sites (N-methyl/N-ethyl adjacent to an activating group) is 1. The van der Waals surface area contributed by atoms with Gasteiger partial charge in [-0.2, -0.15) is 0 Å². The summed E-state index contributed by atoms with van der Waals surface area (Å²) in [5.74, 6) is -0.541. The van der Waals surface area contributed by atoms with Gasteiger partial charge in [-0.25, -0.2) is 0 Å². The molecule has 0 radical (unpaired) electrons. The molecule has 20 heavy (non-hydrogen) atoms. The van der Waals surface area contributed by atoms with E-state index in [-0.39, 0.29) is 17.7 Å². The first-order valence-corrected chi connectivity index (χ1v) is 7.98. The molecule has 1 aliphatic rings. The quantitative estimate of drug-likeness (QED) is 0.607. The van der Waals surface area contributed by atoms with Gasteiger partial charge < -0.3 is 9.80 Å². The Morgan fingerprint density at radius 2 is 1.70 bits per heavy atom. The largest absolute Gasteiger partial charge is 0.333 e. The molecule has 108 valence electrons. The molecule has 0 saturated carbocycles. The van der Waals surface area contributed by atoms with E-state index in [4.69, 9.17) is 0 Å². The van der Waals surface area contributed by atoms with Crippen LogP contribution >= 0.6 is 15.9 Å². The lowest BCUT2D eigenvalue weighted by Gasteiger charge is -2.35. The van der Waals surface area contributed by atoms with Gasteiger partial charge in [-0.3, -0.25) is 9.59 Å². The fraction of sp³-hybridized carbons (Fsp3) is 0.467. The number of hydrogen-bond acceptors (Lipinski definition) is 2. The Balaban J connectivity index is 2.05. The van der Waals surface area contributed by atoms with Crippen LogP contribution < -0.4 is 0 Å². The number of rotatable bonds is 5. The first-order chi connectivity index (χ1) is 9.67. The van der Waals surface area contributed by atoms with E-state index in [2.05, 4.69) is 28.1 Å². The average molecular weight is 339 g/mol. The van der Waals surface area contributed by atoms with Crippen LogP contribution in [0.25, 0.3) is 0 Å². The zero-order chi connectivity index (χ0) is 14.5. The lowest BCUT2D eigenvalue weighted by molar-refractivity contribution is -0.155. The van der Waals surface area contributed by atoms with Gasteiger partial charge in [0.25, 0.3) is 0 Å². The first-order valence-electron chi connectivity index (χ1n) is 6.86. The van der Waals surface area contributed by atoms with Gasteiger partial charge >= 0.3 is 11.8 Å². The molecule has 1 aromatic rings. The molecular weight excluding hydrogens is 320 g/mol. The van der Waals surface area contributed by atoms with E-state index in [1.54, 1.807) is 9.80 Å². The number of carbonyl (C=O) groups is 2. The van der Waals surface area contributed by atoms with Crippen LogP contribution in [-0.4, -0.2) is 53.1 Å². The highest BCUT2D eigenvalue weighted by Gasteiger charge is 2.32. The number of carbonyl (C=O) groups excluding carboxylic acids is 2. The van der Waals surface area contributed by atoms with Gasteiger partial charge in [0, 0.05) is 37.4 Å². The fourth-order valence-corrected chi connectivity index (χ4v) is 3.00. The van der Waals surface area contributed by atoms with Crippen molar-refractivity contribution in [3.63, 3.8) is 0 Å². The minimum absolute atomic E-state index is 0.209. The molecular formula is C15H19BrN2O2. The summed E-state index contributed by atoms with van der Waals surface area (Å²) in [7, 11) is 0. The Hall–Kier alpha value is -1.36. The van der Waals surface area contributed by atoms with E-state index in [1.807, 2.05) is 25.1 Å². The molecule has 0 N–H and O–H groups in total. The smallest absolute Gasteiger partial charge is 0.312 e. The number of hydrogen-bond donors (Lipinski definition) is 0. The van der Waals surface area contributed by atoms with Gasteiger partial charge in [-0.15, -0.1) is 0 Å². The first kappa shape index (κ1) is 15.0.